The average Bonchev–Trinajstić information content (AvgIpc) is 2.54. The number of esters is 1. The van der Waals surface area contributed by atoms with Crippen molar-refractivity contribution in [2.45, 2.75) is 65.8 Å². The lowest BCUT2D eigenvalue weighted by Gasteiger charge is -2.29. The first-order valence-corrected chi connectivity index (χ1v) is 8.77. The molecule has 134 valence electrons. The lowest BCUT2D eigenvalue weighted by molar-refractivity contribution is -0.143. The Morgan fingerprint density at radius 2 is 1.71 bits per heavy atom. The number of carbonyl (C=O) groups excluding carboxylic acids is 2. The van der Waals surface area contributed by atoms with E-state index in [-0.39, 0.29) is 29.8 Å². The van der Waals surface area contributed by atoms with Crippen molar-refractivity contribution in [2.24, 2.45) is 0 Å². The lowest BCUT2D eigenvalue weighted by Crippen LogP contribution is -2.40. The zero-order chi connectivity index (χ0) is 18.3. The SMILES string of the molecule is CCOC(=O)CCN(C(=O)c1ccc(C(C)(C)C)cc1)C(C)CC. The molecule has 0 bridgehead atoms. The standard InChI is InChI=1S/C20H31NO3/c1-7-15(3)21(14-13-18(22)24-8-2)19(23)16-9-11-17(12-10-16)20(4,5)6/h9-12,15H,7-8,13-14H2,1-6H3. The van der Waals surface area contributed by atoms with Gasteiger partial charge in [0, 0.05) is 18.2 Å². The van der Waals surface area contributed by atoms with Gasteiger partial charge >= 0.3 is 5.97 Å². The molecule has 4 heteroatoms. The van der Waals surface area contributed by atoms with Crippen molar-refractivity contribution >= 4 is 11.9 Å². The summed E-state index contributed by atoms with van der Waals surface area (Å²) in [6.07, 6.45) is 1.07. The van der Waals surface area contributed by atoms with Crippen LogP contribution in [0, 0.1) is 0 Å². The van der Waals surface area contributed by atoms with Crippen LogP contribution < -0.4 is 0 Å². The number of hydrogen-bond acceptors (Lipinski definition) is 3. The van der Waals surface area contributed by atoms with Crippen molar-refractivity contribution in [3.8, 4) is 0 Å². The predicted octanol–water partition coefficient (Wildman–Crippen LogP) is 4.18. The number of hydrogen-bond donors (Lipinski definition) is 0. The summed E-state index contributed by atoms with van der Waals surface area (Å²) in [7, 11) is 0. The van der Waals surface area contributed by atoms with Crippen LogP contribution in [0.15, 0.2) is 24.3 Å². The van der Waals surface area contributed by atoms with E-state index in [4.69, 9.17) is 4.74 Å². The molecule has 1 atom stereocenters. The van der Waals surface area contributed by atoms with Gasteiger partial charge in [0.15, 0.2) is 0 Å². The highest BCUT2D eigenvalue weighted by atomic mass is 16.5. The van der Waals surface area contributed by atoms with Gasteiger partial charge in [-0.25, -0.2) is 0 Å². The first kappa shape index (κ1) is 20.2. The monoisotopic (exact) mass is 333 g/mol. The van der Waals surface area contributed by atoms with Crippen molar-refractivity contribution < 1.29 is 14.3 Å². The minimum absolute atomic E-state index is 0.0332. The summed E-state index contributed by atoms with van der Waals surface area (Å²) in [5.74, 6) is -0.296. The van der Waals surface area contributed by atoms with E-state index in [1.807, 2.05) is 38.1 Å². The fourth-order valence-electron chi connectivity index (χ4n) is 2.47. The molecule has 1 unspecified atom stereocenters. The summed E-state index contributed by atoms with van der Waals surface area (Å²) in [4.78, 5) is 26.2. The number of nitrogens with zero attached hydrogens (tertiary/aromatic N) is 1. The highest BCUT2D eigenvalue weighted by Gasteiger charge is 2.22. The van der Waals surface area contributed by atoms with Crippen molar-refractivity contribution in [2.75, 3.05) is 13.2 Å². The van der Waals surface area contributed by atoms with Gasteiger partial charge in [-0.05, 0) is 43.4 Å². The van der Waals surface area contributed by atoms with Crippen LogP contribution in [-0.2, 0) is 14.9 Å². The molecule has 0 spiro atoms. The summed E-state index contributed by atoms with van der Waals surface area (Å²) in [6, 6.07) is 7.85. The molecule has 1 rings (SSSR count). The summed E-state index contributed by atoms with van der Waals surface area (Å²) >= 11 is 0. The maximum atomic E-state index is 12.9. The van der Waals surface area contributed by atoms with E-state index in [0.29, 0.717) is 18.7 Å². The maximum absolute atomic E-state index is 12.9. The largest absolute Gasteiger partial charge is 0.466 e. The first-order valence-electron chi connectivity index (χ1n) is 8.77. The Bertz CT molecular complexity index is 543. The molecule has 0 aliphatic rings. The van der Waals surface area contributed by atoms with Gasteiger partial charge < -0.3 is 9.64 Å². The van der Waals surface area contributed by atoms with Crippen LogP contribution in [0.5, 0.6) is 0 Å². The van der Waals surface area contributed by atoms with Crippen molar-refractivity contribution in [1.29, 1.82) is 0 Å². The van der Waals surface area contributed by atoms with Crippen LogP contribution >= 0.6 is 0 Å². The number of amides is 1. The van der Waals surface area contributed by atoms with Crippen LogP contribution in [-0.4, -0.2) is 36.0 Å². The summed E-state index contributed by atoms with van der Waals surface area (Å²) in [5, 5.41) is 0. The van der Waals surface area contributed by atoms with Gasteiger partial charge in [0.05, 0.1) is 13.0 Å². The lowest BCUT2D eigenvalue weighted by atomic mass is 9.86. The number of carbonyl (C=O) groups is 2. The molecule has 0 fully saturated rings. The third-order valence-electron chi connectivity index (χ3n) is 4.24. The second-order valence-electron chi connectivity index (χ2n) is 7.14. The molecule has 4 nitrogen and oxygen atoms in total. The summed E-state index contributed by atoms with van der Waals surface area (Å²) in [6.45, 7) is 13.0. The highest BCUT2D eigenvalue weighted by Crippen LogP contribution is 2.23. The van der Waals surface area contributed by atoms with E-state index in [2.05, 4.69) is 20.8 Å². The number of rotatable bonds is 7. The Kier molecular flexibility index (Phi) is 7.46. The average molecular weight is 333 g/mol. The predicted molar refractivity (Wildman–Crippen MR) is 97.2 cm³/mol. The van der Waals surface area contributed by atoms with Gasteiger partial charge in [0.2, 0.25) is 0 Å². The molecular weight excluding hydrogens is 302 g/mol. The van der Waals surface area contributed by atoms with Gasteiger partial charge in [-0.2, -0.15) is 0 Å². The molecule has 0 saturated carbocycles. The van der Waals surface area contributed by atoms with Crippen LogP contribution in [0.1, 0.15) is 70.3 Å². The van der Waals surface area contributed by atoms with Gasteiger partial charge in [-0.3, -0.25) is 9.59 Å². The van der Waals surface area contributed by atoms with Gasteiger partial charge in [0.25, 0.3) is 5.91 Å². The van der Waals surface area contributed by atoms with E-state index in [1.54, 1.807) is 11.8 Å². The molecule has 24 heavy (non-hydrogen) atoms. The van der Waals surface area contributed by atoms with E-state index >= 15 is 0 Å². The second-order valence-corrected chi connectivity index (χ2v) is 7.14. The van der Waals surface area contributed by atoms with Crippen LogP contribution in [0.4, 0.5) is 0 Å². The fourth-order valence-corrected chi connectivity index (χ4v) is 2.47. The zero-order valence-electron chi connectivity index (χ0n) is 15.9. The Balaban J connectivity index is 2.89. The van der Waals surface area contributed by atoms with E-state index in [9.17, 15) is 9.59 Å². The molecule has 1 amide bonds. The second kappa shape index (κ2) is 8.86. The molecule has 1 aromatic rings. The Morgan fingerprint density at radius 1 is 1.12 bits per heavy atom. The molecule has 0 aliphatic heterocycles. The van der Waals surface area contributed by atoms with E-state index in [0.717, 1.165) is 6.42 Å². The quantitative estimate of drug-likeness (QED) is 0.703. The Hall–Kier alpha value is -1.84. The van der Waals surface area contributed by atoms with Gasteiger partial charge in [-0.15, -0.1) is 0 Å². The van der Waals surface area contributed by atoms with Crippen LogP contribution in [0.3, 0.4) is 0 Å². The topological polar surface area (TPSA) is 46.6 Å². The Labute approximate surface area is 146 Å². The third kappa shape index (κ3) is 5.66. The smallest absolute Gasteiger partial charge is 0.307 e. The van der Waals surface area contributed by atoms with Gasteiger partial charge in [-0.1, -0.05) is 39.8 Å². The zero-order valence-corrected chi connectivity index (χ0v) is 15.9. The van der Waals surface area contributed by atoms with Crippen molar-refractivity contribution in [3.63, 3.8) is 0 Å². The van der Waals surface area contributed by atoms with Crippen LogP contribution in [0.25, 0.3) is 0 Å². The normalized spacial score (nSPS) is 12.6. The summed E-state index contributed by atoms with van der Waals surface area (Å²) < 4.78 is 4.97. The molecule has 0 radical (unpaired) electrons. The van der Waals surface area contributed by atoms with E-state index < -0.39 is 0 Å². The third-order valence-corrected chi connectivity index (χ3v) is 4.24. The number of ether oxygens (including phenoxy) is 1. The Morgan fingerprint density at radius 3 is 2.17 bits per heavy atom. The van der Waals surface area contributed by atoms with Gasteiger partial charge in [0.1, 0.15) is 0 Å². The highest BCUT2D eigenvalue weighted by molar-refractivity contribution is 5.94. The molecule has 0 N–H and O–H groups in total. The first-order chi connectivity index (χ1) is 11.2. The van der Waals surface area contributed by atoms with E-state index in [1.165, 1.54) is 5.56 Å². The molecule has 1 aromatic carbocycles. The fraction of sp³-hybridized carbons (Fsp3) is 0.600. The maximum Gasteiger partial charge on any atom is 0.307 e. The molecule has 0 aromatic heterocycles. The molecule has 0 aliphatic carbocycles. The molecule has 0 heterocycles. The minimum Gasteiger partial charge on any atom is -0.466 e. The van der Waals surface area contributed by atoms with Crippen molar-refractivity contribution in [3.05, 3.63) is 35.4 Å². The number of benzene rings is 1. The van der Waals surface area contributed by atoms with Crippen LogP contribution in [0.2, 0.25) is 0 Å². The van der Waals surface area contributed by atoms with Crippen molar-refractivity contribution in [1.82, 2.24) is 4.90 Å². The minimum atomic E-state index is -0.262. The molecular formula is C20H31NO3. The molecule has 0 saturated heterocycles. The summed E-state index contributed by atoms with van der Waals surface area (Å²) in [5.41, 5.74) is 1.91.